The van der Waals surface area contributed by atoms with E-state index >= 15 is 0 Å². The van der Waals surface area contributed by atoms with Crippen molar-refractivity contribution in [2.45, 2.75) is 51.7 Å². The van der Waals surface area contributed by atoms with Crippen molar-refractivity contribution in [1.29, 1.82) is 0 Å². The van der Waals surface area contributed by atoms with Crippen molar-refractivity contribution in [2.24, 2.45) is 4.99 Å². The fraction of sp³-hybridized carbons (Fsp3) is 0.265. The molecule has 0 N–H and O–H groups in total. The standard InChI is InChI=1S/C34H29Cl2F3N4O/c1-5-26-29(31-40-32(44)33(2,3)42(31)4)41-43(28-19-18-25(35)20-27(28)36)30(26)23-14-10-21(11-15-23)8-6-7-9-22-12-16-24(17-13-22)34(37,38)39/h10-20H,5,7,9H2,1-4H3. The minimum absolute atomic E-state index is 0.237. The van der Waals surface area contributed by atoms with Gasteiger partial charge in [0.15, 0.2) is 5.84 Å². The Bertz CT molecular complexity index is 1810. The number of likely N-dealkylation sites (N-methyl/N-ethyl adjacent to an activating group) is 1. The zero-order chi connectivity index (χ0) is 31.8. The van der Waals surface area contributed by atoms with Crippen LogP contribution in [0.1, 0.15) is 55.1 Å². The van der Waals surface area contributed by atoms with E-state index in [1.54, 1.807) is 22.9 Å². The number of amides is 1. The van der Waals surface area contributed by atoms with Crippen LogP contribution in [0.25, 0.3) is 16.9 Å². The lowest BCUT2D eigenvalue weighted by molar-refractivity contribution is -0.137. The van der Waals surface area contributed by atoms with Crippen LogP contribution in [0.3, 0.4) is 0 Å². The monoisotopic (exact) mass is 636 g/mol. The molecule has 1 aliphatic rings. The first-order valence-electron chi connectivity index (χ1n) is 14.0. The Morgan fingerprint density at radius 1 is 0.977 bits per heavy atom. The molecule has 44 heavy (non-hydrogen) atoms. The molecule has 0 fully saturated rings. The molecule has 1 aliphatic heterocycles. The van der Waals surface area contributed by atoms with Crippen LogP contribution in [-0.4, -0.2) is 39.0 Å². The van der Waals surface area contributed by atoms with Gasteiger partial charge >= 0.3 is 6.18 Å². The quantitative estimate of drug-likeness (QED) is 0.200. The smallest absolute Gasteiger partial charge is 0.343 e. The number of alkyl halides is 3. The first kappa shape index (κ1) is 31.4. The normalized spacial score (nSPS) is 14.4. The summed E-state index contributed by atoms with van der Waals surface area (Å²) in [4.78, 5) is 19.0. The third-order valence-corrected chi connectivity index (χ3v) is 8.32. The van der Waals surface area contributed by atoms with E-state index in [4.69, 9.17) is 28.3 Å². The van der Waals surface area contributed by atoms with Crippen LogP contribution in [0, 0.1) is 11.8 Å². The summed E-state index contributed by atoms with van der Waals surface area (Å²) in [5, 5.41) is 5.87. The van der Waals surface area contributed by atoms with E-state index in [-0.39, 0.29) is 5.91 Å². The predicted octanol–water partition coefficient (Wildman–Crippen LogP) is 8.41. The number of carbonyl (C=O) groups excluding carboxylic acids is 1. The number of benzene rings is 3. The average molecular weight is 638 g/mol. The fourth-order valence-electron chi connectivity index (χ4n) is 4.96. The molecule has 0 saturated carbocycles. The van der Waals surface area contributed by atoms with Crippen molar-refractivity contribution < 1.29 is 18.0 Å². The van der Waals surface area contributed by atoms with Gasteiger partial charge in [-0.1, -0.05) is 66.2 Å². The van der Waals surface area contributed by atoms with E-state index in [1.165, 1.54) is 12.1 Å². The molecule has 10 heteroatoms. The van der Waals surface area contributed by atoms with Crippen molar-refractivity contribution in [1.82, 2.24) is 14.7 Å². The number of aliphatic imine (C=N–C) groups is 1. The summed E-state index contributed by atoms with van der Waals surface area (Å²) in [6.45, 7) is 5.68. The summed E-state index contributed by atoms with van der Waals surface area (Å²) in [7, 11) is 1.84. The third kappa shape index (κ3) is 6.12. The molecule has 0 bridgehead atoms. The molecule has 1 aromatic heterocycles. The molecule has 1 amide bonds. The van der Waals surface area contributed by atoms with Crippen molar-refractivity contribution in [3.8, 4) is 28.8 Å². The van der Waals surface area contributed by atoms with E-state index < -0.39 is 17.3 Å². The average Bonchev–Trinajstić information content (AvgIpc) is 3.45. The number of amidine groups is 1. The Morgan fingerprint density at radius 3 is 2.23 bits per heavy atom. The van der Waals surface area contributed by atoms with Crippen LogP contribution in [0.5, 0.6) is 0 Å². The predicted molar refractivity (Wildman–Crippen MR) is 168 cm³/mol. The summed E-state index contributed by atoms with van der Waals surface area (Å²) in [5.41, 5.74) is 3.94. The van der Waals surface area contributed by atoms with E-state index in [0.717, 1.165) is 40.1 Å². The number of carbonyl (C=O) groups is 1. The Hall–Kier alpha value is -4.06. The second-order valence-corrected chi connectivity index (χ2v) is 11.8. The van der Waals surface area contributed by atoms with Crippen molar-refractivity contribution in [2.75, 3.05) is 7.05 Å². The molecular formula is C34H29Cl2F3N4O. The van der Waals surface area contributed by atoms with Gasteiger partial charge in [-0.3, -0.25) is 4.79 Å². The summed E-state index contributed by atoms with van der Waals surface area (Å²) in [6.07, 6.45) is -2.68. The third-order valence-electron chi connectivity index (χ3n) is 7.78. The van der Waals surface area contributed by atoms with E-state index in [1.807, 2.05) is 57.0 Å². The largest absolute Gasteiger partial charge is 0.416 e. The van der Waals surface area contributed by atoms with Gasteiger partial charge in [0, 0.05) is 35.2 Å². The molecule has 4 aromatic rings. The highest BCUT2D eigenvalue weighted by Gasteiger charge is 2.42. The van der Waals surface area contributed by atoms with Gasteiger partial charge in [-0.15, -0.1) is 0 Å². The van der Waals surface area contributed by atoms with Crippen LogP contribution >= 0.6 is 23.2 Å². The lowest BCUT2D eigenvalue weighted by Crippen LogP contribution is -2.44. The van der Waals surface area contributed by atoms with Crippen LogP contribution in [0.2, 0.25) is 10.0 Å². The molecule has 5 rings (SSSR count). The number of hydrogen-bond donors (Lipinski definition) is 0. The summed E-state index contributed by atoms with van der Waals surface area (Å²) in [5.74, 6) is 6.51. The highest BCUT2D eigenvalue weighted by atomic mass is 35.5. The number of aromatic nitrogens is 2. The minimum Gasteiger partial charge on any atom is -0.343 e. The zero-order valence-corrected chi connectivity index (χ0v) is 26.1. The first-order chi connectivity index (χ1) is 20.8. The number of nitrogens with zero attached hydrogens (tertiary/aromatic N) is 4. The number of halogens is 5. The highest BCUT2D eigenvalue weighted by molar-refractivity contribution is 6.35. The van der Waals surface area contributed by atoms with Gasteiger partial charge in [-0.05, 0) is 74.7 Å². The van der Waals surface area contributed by atoms with Gasteiger partial charge in [0.25, 0.3) is 5.91 Å². The maximum absolute atomic E-state index is 12.8. The Kier molecular flexibility index (Phi) is 8.66. The lowest BCUT2D eigenvalue weighted by Gasteiger charge is -2.27. The van der Waals surface area contributed by atoms with E-state index in [0.29, 0.717) is 46.5 Å². The molecule has 0 spiro atoms. The number of aryl methyl sites for hydroxylation is 1. The Morgan fingerprint density at radius 2 is 1.66 bits per heavy atom. The SMILES string of the molecule is CCc1c(C2=NC(=O)C(C)(C)N2C)nn(-c2ccc(Cl)cc2Cl)c1-c1ccc(C#CCCc2ccc(C(F)(F)F)cc2)cc1. The first-order valence-corrected chi connectivity index (χ1v) is 14.8. The van der Waals surface area contributed by atoms with Crippen LogP contribution in [0.15, 0.2) is 71.7 Å². The molecule has 5 nitrogen and oxygen atoms in total. The number of hydrogen-bond acceptors (Lipinski definition) is 3. The van der Waals surface area contributed by atoms with Gasteiger partial charge in [0.05, 0.1) is 22.0 Å². The minimum atomic E-state index is -4.35. The summed E-state index contributed by atoms with van der Waals surface area (Å²) in [6, 6.07) is 18.1. The maximum atomic E-state index is 12.8. The molecule has 0 atom stereocenters. The molecule has 0 saturated heterocycles. The van der Waals surface area contributed by atoms with Crippen LogP contribution in [-0.2, 0) is 23.8 Å². The van der Waals surface area contributed by atoms with Gasteiger partial charge in [-0.2, -0.15) is 23.3 Å². The van der Waals surface area contributed by atoms with Crippen molar-refractivity contribution in [3.05, 3.63) is 105 Å². The zero-order valence-electron chi connectivity index (χ0n) is 24.6. The topological polar surface area (TPSA) is 50.5 Å². The lowest BCUT2D eigenvalue weighted by atomic mass is 10.0. The van der Waals surface area contributed by atoms with Gasteiger partial charge in [0.1, 0.15) is 11.2 Å². The molecule has 0 unspecified atom stereocenters. The highest BCUT2D eigenvalue weighted by Crippen LogP contribution is 2.36. The van der Waals surface area contributed by atoms with Gasteiger partial charge in [0.2, 0.25) is 0 Å². The summed E-state index contributed by atoms with van der Waals surface area (Å²) >= 11 is 12.8. The van der Waals surface area contributed by atoms with Crippen LogP contribution in [0.4, 0.5) is 13.2 Å². The van der Waals surface area contributed by atoms with E-state index in [9.17, 15) is 18.0 Å². The van der Waals surface area contributed by atoms with E-state index in [2.05, 4.69) is 16.8 Å². The molecule has 0 radical (unpaired) electrons. The molecule has 3 aromatic carbocycles. The molecule has 0 aliphatic carbocycles. The Balaban J connectivity index is 1.46. The van der Waals surface area contributed by atoms with Gasteiger partial charge in [-0.25, -0.2) is 4.68 Å². The Labute approximate surface area is 264 Å². The molecule has 226 valence electrons. The van der Waals surface area contributed by atoms with Gasteiger partial charge < -0.3 is 4.90 Å². The second-order valence-electron chi connectivity index (χ2n) is 11.0. The summed E-state index contributed by atoms with van der Waals surface area (Å²) < 4.78 is 40.2. The second kappa shape index (κ2) is 12.1. The maximum Gasteiger partial charge on any atom is 0.416 e. The van der Waals surface area contributed by atoms with Crippen LogP contribution < -0.4 is 0 Å². The molecular weight excluding hydrogens is 608 g/mol. The van der Waals surface area contributed by atoms with Crippen molar-refractivity contribution >= 4 is 34.9 Å². The fourth-order valence-corrected chi connectivity index (χ4v) is 5.45. The number of rotatable bonds is 6. The van der Waals surface area contributed by atoms with Crippen molar-refractivity contribution in [3.63, 3.8) is 0 Å². The molecule has 2 heterocycles.